The van der Waals surface area contributed by atoms with E-state index in [0.29, 0.717) is 12.3 Å². The van der Waals surface area contributed by atoms with Gasteiger partial charge in [0.05, 0.1) is 0 Å². The van der Waals surface area contributed by atoms with Crippen LogP contribution in [0.25, 0.3) is 0 Å². The van der Waals surface area contributed by atoms with Crippen molar-refractivity contribution in [2.45, 2.75) is 39.2 Å². The average Bonchev–Trinajstić information content (AvgIpc) is 2.19. The normalized spacial score (nSPS) is 40.4. The molecule has 2 fully saturated rings. The monoisotopic (exact) mass is 154 g/mol. The molecule has 0 aromatic heterocycles. The first-order valence-corrected chi connectivity index (χ1v) is 4.30. The maximum absolute atomic E-state index is 11.0. The van der Waals surface area contributed by atoms with E-state index in [0.717, 1.165) is 6.42 Å². The minimum Gasteiger partial charge on any atom is -0.462 e. The van der Waals surface area contributed by atoms with E-state index >= 15 is 0 Å². The zero-order valence-corrected chi connectivity index (χ0v) is 7.09. The van der Waals surface area contributed by atoms with Crippen LogP contribution >= 0.6 is 0 Å². The van der Waals surface area contributed by atoms with Gasteiger partial charge in [0.15, 0.2) is 0 Å². The molecule has 2 bridgehead atoms. The van der Waals surface area contributed by atoms with E-state index in [4.69, 9.17) is 4.74 Å². The van der Waals surface area contributed by atoms with Crippen molar-refractivity contribution in [1.29, 1.82) is 0 Å². The van der Waals surface area contributed by atoms with Gasteiger partial charge in [-0.1, -0.05) is 13.8 Å². The van der Waals surface area contributed by atoms with Gasteiger partial charge in [-0.05, 0) is 18.8 Å². The van der Waals surface area contributed by atoms with Crippen LogP contribution in [0.2, 0.25) is 0 Å². The molecule has 2 atom stereocenters. The maximum Gasteiger partial charge on any atom is 0.306 e. The second-order valence-electron chi connectivity index (χ2n) is 4.28. The first kappa shape index (κ1) is 7.14. The van der Waals surface area contributed by atoms with Crippen LogP contribution in [0, 0.1) is 11.3 Å². The molecule has 11 heavy (non-hydrogen) atoms. The fourth-order valence-electron chi connectivity index (χ4n) is 2.34. The zero-order chi connectivity index (χ0) is 8.06. The molecule has 1 aliphatic heterocycles. The number of ether oxygens (including phenoxy) is 1. The Morgan fingerprint density at radius 3 is 2.82 bits per heavy atom. The van der Waals surface area contributed by atoms with Crippen molar-refractivity contribution in [3.63, 3.8) is 0 Å². The number of hydrogen-bond donors (Lipinski definition) is 0. The third kappa shape index (κ3) is 0.883. The summed E-state index contributed by atoms with van der Waals surface area (Å²) in [6.07, 6.45) is 3.09. The van der Waals surface area contributed by atoms with E-state index in [1.165, 1.54) is 6.42 Å². The van der Waals surface area contributed by atoms with Gasteiger partial charge in [0.25, 0.3) is 0 Å². The molecule has 1 heterocycles. The van der Waals surface area contributed by atoms with Crippen molar-refractivity contribution in [2.24, 2.45) is 11.3 Å². The first-order valence-electron chi connectivity index (χ1n) is 4.30. The molecule has 0 N–H and O–H groups in total. The highest BCUT2D eigenvalue weighted by Crippen LogP contribution is 2.49. The van der Waals surface area contributed by atoms with Crippen LogP contribution in [0.1, 0.15) is 33.1 Å². The molecule has 0 aromatic rings. The number of esters is 1. The molecule has 2 aliphatic rings. The van der Waals surface area contributed by atoms with Gasteiger partial charge >= 0.3 is 5.97 Å². The highest BCUT2D eigenvalue weighted by atomic mass is 16.5. The fraction of sp³-hybridized carbons (Fsp3) is 0.889. The standard InChI is InChI=1S/C9H14O2/c1-9(2)6-3-4-7(9)11-8(10)5-6/h6-7H,3-5H2,1-2H3/t6-,7-/m0/s1. The Morgan fingerprint density at radius 1 is 1.45 bits per heavy atom. The summed E-state index contributed by atoms with van der Waals surface area (Å²) in [6.45, 7) is 4.42. The number of carbonyl (C=O) groups is 1. The number of rotatable bonds is 0. The maximum atomic E-state index is 11.0. The summed E-state index contributed by atoms with van der Waals surface area (Å²) in [7, 11) is 0. The smallest absolute Gasteiger partial charge is 0.306 e. The molecule has 1 saturated carbocycles. The molecule has 0 amide bonds. The van der Waals surface area contributed by atoms with Crippen molar-refractivity contribution in [2.75, 3.05) is 0 Å². The summed E-state index contributed by atoms with van der Waals surface area (Å²) in [5.41, 5.74) is 0.244. The van der Waals surface area contributed by atoms with E-state index < -0.39 is 0 Å². The average molecular weight is 154 g/mol. The summed E-state index contributed by atoms with van der Waals surface area (Å²) in [4.78, 5) is 11.0. The van der Waals surface area contributed by atoms with E-state index in [1.807, 2.05) is 0 Å². The molecule has 62 valence electrons. The molecule has 1 aliphatic carbocycles. The van der Waals surface area contributed by atoms with Crippen LogP contribution in [0.4, 0.5) is 0 Å². The predicted molar refractivity (Wildman–Crippen MR) is 41.0 cm³/mol. The molecule has 2 rings (SSSR count). The van der Waals surface area contributed by atoms with Crippen LogP contribution in [-0.2, 0) is 9.53 Å². The van der Waals surface area contributed by atoms with Crippen LogP contribution in [0.5, 0.6) is 0 Å². The zero-order valence-electron chi connectivity index (χ0n) is 7.09. The van der Waals surface area contributed by atoms with Crippen LogP contribution in [-0.4, -0.2) is 12.1 Å². The van der Waals surface area contributed by atoms with Crippen LogP contribution in [0.3, 0.4) is 0 Å². The lowest BCUT2D eigenvalue weighted by Crippen LogP contribution is -2.39. The van der Waals surface area contributed by atoms with Crippen molar-refractivity contribution >= 4 is 5.97 Å². The van der Waals surface area contributed by atoms with Gasteiger partial charge in [-0.2, -0.15) is 0 Å². The van der Waals surface area contributed by atoms with Gasteiger partial charge in [-0.15, -0.1) is 0 Å². The number of carbonyl (C=O) groups excluding carboxylic acids is 1. The molecule has 0 aromatic carbocycles. The predicted octanol–water partition coefficient (Wildman–Crippen LogP) is 1.74. The Morgan fingerprint density at radius 2 is 2.18 bits per heavy atom. The molecule has 2 nitrogen and oxygen atoms in total. The fourth-order valence-corrected chi connectivity index (χ4v) is 2.34. The molecule has 0 spiro atoms. The van der Waals surface area contributed by atoms with E-state index in [-0.39, 0.29) is 17.5 Å². The SMILES string of the molecule is CC1(C)[C@H]2CC[C@@H]1OC(=O)C2. The highest BCUT2D eigenvalue weighted by molar-refractivity contribution is 5.71. The second-order valence-corrected chi connectivity index (χ2v) is 4.28. The van der Waals surface area contributed by atoms with Crippen LogP contribution < -0.4 is 0 Å². The van der Waals surface area contributed by atoms with Crippen molar-refractivity contribution in [1.82, 2.24) is 0 Å². The Hall–Kier alpha value is -0.530. The Kier molecular flexibility index (Phi) is 1.29. The van der Waals surface area contributed by atoms with Crippen molar-refractivity contribution in [3.05, 3.63) is 0 Å². The topological polar surface area (TPSA) is 26.3 Å². The molecule has 1 saturated heterocycles. The summed E-state index contributed by atoms with van der Waals surface area (Å²) < 4.78 is 5.25. The van der Waals surface area contributed by atoms with Gasteiger partial charge in [0.1, 0.15) is 6.10 Å². The van der Waals surface area contributed by atoms with Gasteiger partial charge in [0, 0.05) is 11.8 Å². The third-order valence-corrected chi connectivity index (χ3v) is 3.35. The van der Waals surface area contributed by atoms with E-state index in [2.05, 4.69) is 13.8 Å². The molecular weight excluding hydrogens is 140 g/mol. The lowest BCUT2D eigenvalue weighted by Gasteiger charge is -2.36. The Balaban J connectivity index is 2.25. The highest BCUT2D eigenvalue weighted by Gasteiger charge is 2.49. The molecule has 2 heteroatoms. The minimum absolute atomic E-state index is 0.0109. The quantitative estimate of drug-likeness (QED) is 0.497. The summed E-state index contributed by atoms with van der Waals surface area (Å²) >= 11 is 0. The third-order valence-electron chi connectivity index (χ3n) is 3.35. The summed E-state index contributed by atoms with van der Waals surface area (Å²) in [5.74, 6) is 0.588. The van der Waals surface area contributed by atoms with Crippen molar-refractivity contribution < 1.29 is 9.53 Å². The van der Waals surface area contributed by atoms with Gasteiger partial charge in [0.2, 0.25) is 0 Å². The van der Waals surface area contributed by atoms with Crippen molar-refractivity contribution in [3.8, 4) is 0 Å². The largest absolute Gasteiger partial charge is 0.462 e. The van der Waals surface area contributed by atoms with Gasteiger partial charge < -0.3 is 4.74 Å². The first-order chi connectivity index (χ1) is 5.10. The second kappa shape index (κ2) is 1.99. The lowest BCUT2D eigenvalue weighted by atomic mass is 9.77. The summed E-state index contributed by atoms with van der Waals surface area (Å²) in [5, 5.41) is 0. The minimum atomic E-state index is 0.0109. The lowest BCUT2D eigenvalue weighted by molar-refractivity contribution is -0.163. The Labute approximate surface area is 66.9 Å². The van der Waals surface area contributed by atoms with Gasteiger partial charge in [-0.25, -0.2) is 0 Å². The van der Waals surface area contributed by atoms with Crippen LogP contribution in [0.15, 0.2) is 0 Å². The molecule has 0 unspecified atom stereocenters. The summed E-state index contributed by atoms with van der Waals surface area (Å²) in [6, 6.07) is 0. The van der Waals surface area contributed by atoms with E-state index in [1.54, 1.807) is 0 Å². The van der Waals surface area contributed by atoms with Gasteiger partial charge in [-0.3, -0.25) is 4.79 Å². The number of hydrogen-bond acceptors (Lipinski definition) is 2. The van der Waals surface area contributed by atoms with E-state index in [9.17, 15) is 4.79 Å². The Bertz CT molecular complexity index is 178. The number of fused-ring (bicyclic) bond motifs is 2. The molecule has 0 radical (unpaired) electrons. The molecular formula is C9H14O2.